The van der Waals surface area contributed by atoms with Crippen LogP contribution in [0.4, 0.5) is 0 Å². The molecule has 0 aromatic heterocycles. The molecule has 0 aliphatic heterocycles. The number of amides is 1. The molecule has 2 unspecified atom stereocenters. The van der Waals surface area contributed by atoms with Gasteiger partial charge in [-0.15, -0.1) is 0 Å². The standard InChI is InChI=1S/C17H26BrNO3/c1-15(2,3)19-13(20)9-22-14(21)16-5-11-4-12(6-16)8-17(18,7-11)10-16/h11-12H,4-10H2,1-3H3,(H,19,20)/t11-,12+,16?,17?. The molecule has 1 amide bonds. The molecule has 4 fully saturated rings. The molecule has 4 atom stereocenters. The second-order valence-electron chi connectivity index (χ2n) is 8.77. The van der Waals surface area contributed by atoms with E-state index in [1.807, 2.05) is 20.8 Å². The van der Waals surface area contributed by atoms with Crippen LogP contribution in [0, 0.1) is 17.3 Å². The first-order valence-corrected chi connectivity index (χ1v) is 9.06. The molecule has 4 aliphatic rings. The van der Waals surface area contributed by atoms with Crippen molar-refractivity contribution < 1.29 is 14.3 Å². The van der Waals surface area contributed by atoms with E-state index >= 15 is 0 Å². The summed E-state index contributed by atoms with van der Waals surface area (Å²) in [6.45, 7) is 5.59. The molecule has 5 heteroatoms. The highest BCUT2D eigenvalue weighted by Gasteiger charge is 2.60. The maximum Gasteiger partial charge on any atom is 0.312 e. The largest absolute Gasteiger partial charge is 0.455 e. The smallest absolute Gasteiger partial charge is 0.312 e. The first-order chi connectivity index (χ1) is 10.1. The van der Waals surface area contributed by atoms with Crippen molar-refractivity contribution in [2.24, 2.45) is 17.3 Å². The Kier molecular flexibility index (Phi) is 3.86. The van der Waals surface area contributed by atoms with Crippen LogP contribution in [0.15, 0.2) is 0 Å². The van der Waals surface area contributed by atoms with Crippen LogP contribution in [-0.4, -0.2) is 28.3 Å². The minimum atomic E-state index is -0.352. The highest BCUT2D eigenvalue weighted by atomic mass is 79.9. The third-order valence-electron chi connectivity index (χ3n) is 5.27. The van der Waals surface area contributed by atoms with Crippen LogP contribution in [0.25, 0.3) is 0 Å². The average Bonchev–Trinajstić information content (AvgIpc) is 2.30. The maximum atomic E-state index is 12.7. The Labute approximate surface area is 140 Å². The molecular formula is C17H26BrNO3. The summed E-state index contributed by atoms with van der Waals surface area (Å²) in [4.78, 5) is 24.5. The van der Waals surface area contributed by atoms with E-state index in [1.165, 1.54) is 19.3 Å². The summed E-state index contributed by atoms with van der Waals surface area (Å²) in [5.41, 5.74) is -0.653. The third-order valence-corrected chi connectivity index (χ3v) is 6.20. The molecule has 4 saturated carbocycles. The lowest BCUT2D eigenvalue weighted by Gasteiger charge is -2.58. The second kappa shape index (κ2) is 5.22. The molecule has 0 aromatic carbocycles. The summed E-state index contributed by atoms with van der Waals surface area (Å²) in [7, 11) is 0. The summed E-state index contributed by atoms with van der Waals surface area (Å²) in [5, 5.41) is 2.83. The Balaban J connectivity index is 1.62. The molecule has 0 saturated heterocycles. The van der Waals surface area contributed by atoms with E-state index in [1.54, 1.807) is 0 Å². The zero-order valence-electron chi connectivity index (χ0n) is 13.7. The second-order valence-corrected chi connectivity index (χ2v) is 10.4. The van der Waals surface area contributed by atoms with Gasteiger partial charge in [-0.3, -0.25) is 9.59 Å². The number of nitrogens with one attached hydrogen (secondary N) is 1. The Hall–Kier alpha value is -0.580. The van der Waals surface area contributed by atoms with Crippen molar-refractivity contribution in [1.29, 1.82) is 0 Å². The minimum Gasteiger partial charge on any atom is -0.455 e. The number of hydrogen-bond donors (Lipinski definition) is 1. The molecular weight excluding hydrogens is 346 g/mol. The third kappa shape index (κ3) is 3.19. The monoisotopic (exact) mass is 371 g/mol. The minimum absolute atomic E-state index is 0.129. The Morgan fingerprint density at radius 1 is 1.18 bits per heavy atom. The van der Waals surface area contributed by atoms with Gasteiger partial charge < -0.3 is 10.1 Å². The van der Waals surface area contributed by atoms with Crippen molar-refractivity contribution in [3.8, 4) is 0 Å². The topological polar surface area (TPSA) is 55.4 Å². The van der Waals surface area contributed by atoms with Gasteiger partial charge in [0.05, 0.1) is 5.41 Å². The fourth-order valence-corrected chi connectivity index (χ4v) is 6.58. The van der Waals surface area contributed by atoms with E-state index in [2.05, 4.69) is 21.2 Å². The van der Waals surface area contributed by atoms with Crippen molar-refractivity contribution in [2.45, 2.75) is 69.2 Å². The van der Waals surface area contributed by atoms with Crippen LogP contribution in [0.2, 0.25) is 0 Å². The number of carbonyl (C=O) groups excluding carboxylic acids is 2. The summed E-state index contributed by atoms with van der Waals surface area (Å²) in [6, 6.07) is 0. The van der Waals surface area contributed by atoms with Crippen molar-refractivity contribution in [2.75, 3.05) is 6.61 Å². The van der Waals surface area contributed by atoms with Gasteiger partial charge in [0.1, 0.15) is 0 Å². The van der Waals surface area contributed by atoms with Gasteiger partial charge in [-0.1, -0.05) is 15.9 Å². The molecule has 0 aromatic rings. The van der Waals surface area contributed by atoms with Gasteiger partial charge in [-0.2, -0.15) is 0 Å². The number of esters is 1. The van der Waals surface area contributed by atoms with Crippen LogP contribution in [0.3, 0.4) is 0 Å². The Morgan fingerprint density at radius 2 is 1.77 bits per heavy atom. The highest BCUT2D eigenvalue weighted by molar-refractivity contribution is 9.10. The van der Waals surface area contributed by atoms with Gasteiger partial charge >= 0.3 is 5.97 Å². The fourth-order valence-electron chi connectivity index (χ4n) is 5.13. The van der Waals surface area contributed by atoms with E-state index in [0.29, 0.717) is 11.8 Å². The van der Waals surface area contributed by atoms with Gasteiger partial charge in [0.25, 0.3) is 5.91 Å². The molecule has 4 rings (SSSR count). The lowest BCUT2D eigenvalue weighted by Crippen LogP contribution is -2.56. The normalized spacial score (nSPS) is 39.6. The van der Waals surface area contributed by atoms with Gasteiger partial charge in [-0.05, 0) is 71.1 Å². The summed E-state index contributed by atoms with van der Waals surface area (Å²) in [6.07, 6.45) is 6.37. The molecule has 4 aliphatic carbocycles. The summed E-state index contributed by atoms with van der Waals surface area (Å²) >= 11 is 3.89. The summed E-state index contributed by atoms with van der Waals surface area (Å²) < 4.78 is 5.54. The van der Waals surface area contributed by atoms with Crippen molar-refractivity contribution in [3.63, 3.8) is 0 Å². The van der Waals surface area contributed by atoms with Gasteiger partial charge in [-0.25, -0.2) is 0 Å². The van der Waals surface area contributed by atoms with Gasteiger partial charge in [0.2, 0.25) is 0 Å². The lowest BCUT2D eigenvalue weighted by molar-refractivity contribution is -0.171. The zero-order chi connectivity index (χ0) is 16.2. The van der Waals surface area contributed by atoms with Crippen LogP contribution < -0.4 is 5.32 Å². The first-order valence-electron chi connectivity index (χ1n) is 8.26. The predicted octanol–water partition coefficient (Wildman–Crippen LogP) is 3.18. The number of halogens is 1. The van der Waals surface area contributed by atoms with Crippen molar-refractivity contribution in [3.05, 3.63) is 0 Å². The number of ether oxygens (including phenoxy) is 1. The van der Waals surface area contributed by atoms with Crippen molar-refractivity contribution >= 4 is 27.8 Å². The average molecular weight is 372 g/mol. The zero-order valence-corrected chi connectivity index (χ0v) is 15.3. The SMILES string of the molecule is CC(C)(C)NC(=O)COC(=O)C12C[C@@H]3C[C@@H](CC(Br)(C3)C1)C2. The van der Waals surface area contributed by atoms with Crippen LogP contribution in [0.1, 0.15) is 59.3 Å². The van der Waals surface area contributed by atoms with Crippen molar-refractivity contribution in [1.82, 2.24) is 5.32 Å². The maximum absolute atomic E-state index is 12.7. The van der Waals surface area contributed by atoms with Crippen LogP contribution in [0.5, 0.6) is 0 Å². The fraction of sp³-hybridized carbons (Fsp3) is 0.882. The number of hydrogen-bond acceptors (Lipinski definition) is 3. The van der Waals surface area contributed by atoms with E-state index in [4.69, 9.17) is 4.74 Å². The van der Waals surface area contributed by atoms with Gasteiger partial charge in [0, 0.05) is 9.86 Å². The molecule has 0 radical (unpaired) electrons. The first kappa shape index (κ1) is 16.3. The molecule has 0 spiro atoms. The number of carbonyl (C=O) groups is 2. The number of alkyl halides is 1. The Morgan fingerprint density at radius 3 is 2.27 bits per heavy atom. The number of rotatable bonds is 3. The lowest BCUT2D eigenvalue weighted by atomic mass is 9.49. The molecule has 0 heterocycles. The Bertz CT molecular complexity index is 483. The van der Waals surface area contributed by atoms with E-state index < -0.39 is 0 Å². The van der Waals surface area contributed by atoms with E-state index in [-0.39, 0.29) is 33.8 Å². The van der Waals surface area contributed by atoms with Crippen LogP contribution >= 0.6 is 15.9 Å². The van der Waals surface area contributed by atoms with E-state index in [9.17, 15) is 9.59 Å². The quantitative estimate of drug-likeness (QED) is 0.612. The van der Waals surface area contributed by atoms with Crippen LogP contribution in [-0.2, 0) is 14.3 Å². The molecule has 4 bridgehead atoms. The molecule has 22 heavy (non-hydrogen) atoms. The molecule has 4 nitrogen and oxygen atoms in total. The van der Waals surface area contributed by atoms with E-state index in [0.717, 1.165) is 19.3 Å². The van der Waals surface area contributed by atoms with Gasteiger partial charge in [0.15, 0.2) is 6.61 Å². The molecule has 1 N–H and O–H groups in total. The highest BCUT2D eigenvalue weighted by Crippen LogP contribution is 2.64. The predicted molar refractivity (Wildman–Crippen MR) is 87.6 cm³/mol. The summed E-state index contributed by atoms with van der Waals surface area (Å²) in [5.74, 6) is 0.891. The molecule has 124 valence electrons.